The number of benzene rings is 2. The van der Waals surface area contributed by atoms with Crippen molar-refractivity contribution in [1.82, 2.24) is 4.57 Å². The molecule has 3 aromatic rings. The molecule has 1 heterocycles. The molecule has 3 rings (SSSR count). The standard InChI is InChI=1S/C16H10ClFN2/c17-14-3-2-12-5-6-20(16(12)8-14)10-11-1-4-15(18)13(7-11)9-19/h1-8H,10H2. The average molecular weight is 285 g/mol. The lowest BCUT2D eigenvalue weighted by Gasteiger charge is -2.07. The molecular formula is C16H10ClFN2. The predicted molar refractivity (Wildman–Crippen MR) is 77.2 cm³/mol. The summed E-state index contributed by atoms with van der Waals surface area (Å²) in [7, 11) is 0. The number of nitriles is 1. The molecule has 0 saturated heterocycles. The molecule has 98 valence electrons. The molecule has 0 aliphatic carbocycles. The number of halogens is 2. The first-order valence-corrected chi connectivity index (χ1v) is 6.48. The van der Waals surface area contributed by atoms with Crippen LogP contribution in [0.5, 0.6) is 0 Å². The molecule has 4 heteroatoms. The summed E-state index contributed by atoms with van der Waals surface area (Å²) in [6, 6.07) is 14.1. The van der Waals surface area contributed by atoms with Gasteiger partial charge in [-0.25, -0.2) is 4.39 Å². The van der Waals surface area contributed by atoms with Gasteiger partial charge in [-0.2, -0.15) is 5.26 Å². The predicted octanol–water partition coefficient (Wildman–Crippen LogP) is 4.35. The van der Waals surface area contributed by atoms with E-state index >= 15 is 0 Å². The Labute approximate surface area is 120 Å². The highest BCUT2D eigenvalue weighted by Crippen LogP contribution is 2.22. The third kappa shape index (κ3) is 2.26. The lowest BCUT2D eigenvalue weighted by atomic mass is 10.1. The molecule has 0 aliphatic heterocycles. The second-order valence-corrected chi connectivity index (χ2v) is 5.01. The van der Waals surface area contributed by atoms with Crippen molar-refractivity contribution < 1.29 is 4.39 Å². The van der Waals surface area contributed by atoms with Crippen LogP contribution in [0.25, 0.3) is 10.9 Å². The summed E-state index contributed by atoms with van der Waals surface area (Å²) >= 11 is 6.01. The molecule has 0 fully saturated rings. The van der Waals surface area contributed by atoms with Crippen molar-refractivity contribution in [2.45, 2.75) is 6.54 Å². The van der Waals surface area contributed by atoms with E-state index in [2.05, 4.69) is 0 Å². The molecule has 0 atom stereocenters. The summed E-state index contributed by atoms with van der Waals surface area (Å²) in [5.41, 5.74) is 1.96. The zero-order chi connectivity index (χ0) is 14.1. The average Bonchev–Trinajstić information content (AvgIpc) is 2.83. The van der Waals surface area contributed by atoms with Gasteiger partial charge in [-0.15, -0.1) is 0 Å². The van der Waals surface area contributed by atoms with Gasteiger partial charge in [0.25, 0.3) is 0 Å². The van der Waals surface area contributed by atoms with E-state index in [4.69, 9.17) is 16.9 Å². The Balaban J connectivity index is 2.01. The molecule has 20 heavy (non-hydrogen) atoms. The van der Waals surface area contributed by atoms with E-state index in [0.29, 0.717) is 11.6 Å². The van der Waals surface area contributed by atoms with Crippen LogP contribution < -0.4 is 0 Å². The van der Waals surface area contributed by atoms with Gasteiger partial charge in [0.1, 0.15) is 11.9 Å². The highest BCUT2D eigenvalue weighted by atomic mass is 35.5. The van der Waals surface area contributed by atoms with Gasteiger partial charge in [0, 0.05) is 23.3 Å². The monoisotopic (exact) mass is 284 g/mol. The third-order valence-electron chi connectivity index (χ3n) is 3.24. The van der Waals surface area contributed by atoms with Gasteiger partial charge in [0.15, 0.2) is 0 Å². The van der Waals surface area contributed by atoms with Crippen molar-refractivity contribution in [2.75, 3.05) is 0 Å². The Morgan fingerprint density at radius 3 is 2.80 bits per heavy atom. The lowest BCUT2D eigenvalue weighted by molar-refractivity contribution is 0.622. The van der Waals surface area contributed by atoms with Gasteiger partial charge < -0.3 is 4.57 Å². The number of rotatable bonds is 2. The van der Waals surface area contributed by atoms with Crippen LogP contribution in [-0.4, -0.2) is 4.57 Å². The SMILES string of the molecule is N#Cc1cc(Cn2ccc3ccc(Cl)cc32)ccc1F. The summed E-state index contributed by atoms with van der Waals surface area (Å²) in [6.07, 6.45) is 1.95. The largest absolute Gasteiger partial charge is 0.343 e. The lowest BCUT2D eigenvalue weighted by Crippen LogP contribution is -1.99. The van der Waals surface area contributed by atoms with E-state index in [9.17, 15) is 4.39 Å². The summed E-state index contributed by atoms with van der Waals surface area (Å²) < 4.78 is 15.3. The summed E-state index contributed by atoms with van der Waals surface area (Å²) in [5, 5.41) is 10.6. The molecule has 0 spiro atoms. The van der Waals surface area contributed by atoms with Crippen LogP contribution in [0.4, 0.5) is 4.39 Å². The Morgan fingerprint density at radius 2 is 2.00 bits per heavy atom. The van der Waals surface area contributed by atoms with E-state index in [1.165, 1.54) is 6.07 Å². The topological polar surface area (TPSA) is 28.7 Å². The minimum atomic E-state index is -0.489. The quantitative estimate of drug-likeness (QED) is 0.687. The van der Waals surface area contributed by atoms with E-state index in [0.717, 1.165) is 16.5 Å². The number of fused-ring (bicyclic) bond motifs is 1. The van der Waals surface area contributed by atoms with Crippen LogP contribution in [-0.2, 0) is 6.54 Å². The van der Waals surface area contributed by atoms with Crippen LogP contribution in [0.15, 0.2) is 48.7 Å². The molecule has 2 nitrogen and oxygen atoms in total. The van der Waals surface area contributed by atoms with Crippen molar-refractivity contribution in [2.24, 2.45) is 0 Å². The van der Waals surface area contributed by atoms with Crippen LogP contribution in [0.2, 0.25) is 5.02 Å². The zero-order valence-corrected chi connectivity index (χ0v) is 11.2. The van der Waals surface area contributed by atoms with Gasteiger partial charge in [-0.3, -0.25) is 0 Å². The van der Waals surface area contributed by atoms with E-state index in [1.54, 1.807) is 12.1 Å². The number of hydrogen-bond acceptors (Lipinski definition) is 1. The second kappa shape index (κ2) is 4.99. The van der Waals surface area contributed by atoms with Gasteiger partial charge >= 0.3 is 0 Å². The third-order valence-corrected chi connectivity index (χ3v) is 3.48. The first-order valence-electron chi connectivity index (χ1n) is 6.10. The van der Waals surface area contributed by atoms with Crippen LogP contribution in [0.1, 0.15) is 11.1 Å². The molecule has 0 aliphatic rings. The molecule has 0 unspecified atom stereocenters. The van der Waals surface area contributed by atoms with Gasteiger partial charge in [0.2, 0.25) is 0 Å². The Kier molecular flexibility index (Phi) is 3.17. The van der Waals surface area contributed by atoms with E-state index < -0.39 is 5.82 Å². The molecule has 1 aromatic heterocycles. The maximum Gasteiger partial charge on any atom is 0.140 e. The minimum absolute atomic E-state index is 0.0667. The van der Waals surface area contributed by atoms with E-state index in [1.807, 2.05) is 41.1 Å². The van der Waals surface area contributed by atoms with Crippen molar-refractivity contribution in [3.8, 4) is 6.07 Å². The molecule has 0 amide bonds. The second-order valence-electron chi connectivity index (χ2n) is 4.57. The van der Waals surface area contributed by atoms with Crippen molar-refractivity contribution >= 4 is 22.5 Å². The molecule has 2 aromatic carbocycles. The first-order chi connectivity index (χ1) is 9.67. The van der Waals surface area contributed by atoms with Crippen LogP contribution in [0, 0.1) is 17.1 Å². The fourth-order valence-corrected chi connectivity index (χ4v) is 2.41. The molecule has 0 saturated carbocycles. The van der Waals surface area contributed by atoms with Gasteiger partial charge in [0.05, 0.1) is 5.56 Å². The van der Waals surface area contributed by atoms with Crippen molar-refractivity contribution in [3.05, 3.63) is 70.6 Å². The van der Waals surface area contributed by atoms with Crippen LogP contribution in [0.3, 0.4) is 0 Å². The van der Waals surface area contributed by atoms with Gasteiger partial charge in [-0.05, 0) is 41.3 Å². The maximum atomic E-state index is 13.3. The number of aromatic nitrogens is 1. The fraction of sp³-hybridized carbons (Fsp3) is 0.0625. The molecule has 0 N–H and O–H groups in total. The fourth-order valence-electron chi connectivity index (χ4n) is 2.25. The summed E-state index contributed by atoms with van der Waals surface area (Å²) in [4.78, 5) is 0. The zero-order valence-electron chi connectivity index (χ0n) is 10.5. The Bertz CT molecular complexity index is 830. The first kappa shape index (κ1) is 12.7. The minimum Gasteiger partial charge on any atom is -0.343 e. The summed E-state index contributed by atoms with van der Waals surface area (Å²) in [6.45, 7) is 0.568. The van der Waals surface area contributed by atoms with Crippen LogP contribution >= 0.6 is 11.6 Å². The molecule has 0 radical (unpaired) electrons. The Hall–Kier alpha value is -2.31. The number of hydrogen-bond donors (Lipinski definition) is 0. The van der Waals surface area contributed by atoms with E-state index in [-0.39, 0.29) is 5.56 Å². The number of nitrogens with zero attached hydrogens (tertiary/aromatic N) is 2. The van der Waals surface area contributed by atoms with Crippen molar-refractivity contribution in [3.63, 3.8) is 0 Å². The maximum absolute atomic E-state index is 13.3. The molecular weight excluding hydrogens is 275 g/mol. The molecule has 0 bridgehead atoms. The summed E-state index contributed by atoms with van der Waals surface area (Å²) in [5.74, 6) is -0.489. The highest BCUT2D eigenvalue weighted by molar-refractivity contribution is 6.31. The normalized spacial score (nSPS) is 10.7. The van der Waals surface area contributed by atoms with Crippen molar-refractivity contribution in [1.29, 1.82) is 5.26 Å². The van der Waals surface area contributed by atoms with Gasteiger partial charge in [-0.1, -0.05) is 23.7 Å². The highest BCUT2D eigenvalue weighted by Gasteiger charge is 2.06. The Morgan fingerprint density at radius 1 is 1.15 bits per heavy atom. The smallest absolute Gasteiger partial charge is 0.140 e.